The van der Waals surface area contributed by atoms with Crippen molar-refractivity contribution in [1.29, 1.82) is 0 Å². The Kier molecular flexibility index (Phi) is 3.33. The van der Waals surface area contributed by atoms with Gasteiger partial charge in [0.2, 0.25) is 0 Å². The van der Waals surface area contributed by atoms with Crippen molar-refractivity contribution >= 4 is 0 Å². The first-order valence-corrected chi connectivity index (χ1v) is 6.21. The minimum absolute atomic E-state index is 0.390. The van der Waals surface area contributed by atoms with Crippen LogP contribution in [0.2, 0.25) is 0 Å². The molecule has 0 aliphatic carbocycles. The topological polar surface area (TPSA) is 32.7 Å². The van der Waals surface area contributed by atoms with Crippen LogP contribution in [0.15, 0.2) is 0 Å². The summed E-state index contributed by atoms with van der Waals surface area (Å²) in [6.07, 6.45) is 5.23. The van der Waals surface area contributed by atoms with E-state index >= 15 is 0 Å². The first kappa shape index (κ1) is 11.4. The van der Waals surface area contributed by atoms with Gasteiger partial charge in [0.25, 0.3) is 0 Å². The molecule has 2 unspecified atom stereocenters. The van der Waals surface area contributed by atoms with Crippen molar-refractivity contribution in [2.45, 2.75) is 57.3 Å². The maximum atomic E-state index is 10.0. The molecule has 0 bridgehead atoms. The molecule has 0 radical (unpaired) electrons. The molecule has 2 aliphatic rings. The van der Waals surface area contributed by atoms with Gasteiger partial charge in [-0.05, 0) is 26.2 Å². The zero-order chi connectivity index (χ0) is 10.9. The molecule has 0 saturated carbocycles. The van der Waals surface area contributed by atoms with E-state index in [4.69, 9.17) is 4.74 Å². The second-order valence-corrected chi connectivity index (χ2v) is 5.29. The van der Waals surface area contributed by atoms with Gasteiger partial charge in [0.15, 0.2) is 0 Å². The molecule has 2 fully saturated rings. The Morgan fingerprint density at radius 2 is 2.13 bits per heavy atom. The van der Waals surface area contributed by atoms with Crippen molar-refractivity contribution < 1.29 is 9.84 Å². The SMILES string of the molecule is CCCC1(O)CN(CC2CCC(C)O2)C1. The lowest BCUT2D eigenvalue weighted by atomic mass is 9.89. The molecular formula is C12H23NO2. The summed E-state index contributed by atoms with van der Waals surface area (Å²) in [5, 5.41) is 10.0. The molecular weight excluding hydrogens is 190 g/mol. The third-order valence-electron chi connectivity index (χ3n) is 3.53. The van der Waals surface area contributed by atoms with Crippen LogP contribution in [0.3, 0.4) is 0 Å². The van der Waals surface area contributed by atoms with Gasteiger partial charge in [-0.15, -0.1) is 0 Å². The van der Waals surface area contributed by atoms with E-state index < -0.39 is 0 Å². The predicted molar refractivity (Wildman–Crippen MR) is 59.9 cm³/mol. The van der Waals surface area contributed by atoms with E-state index in [1.54, 1.807) is 0 Å². The number of nitrogens with zero attached hydrogens (tertiary/aromatic N) is 1. The number of β-amino-alcohol motifs (C(OH)–C–C–N with tert-alkyl or cyclic N) is 1. The highest BCUT2D eigenvalue weighted by atomic mass is 16.5. The molecule has 0 aromatic heterocycles. The van der Waals surface area contributed by atoms with Crippen molar-refractivity contribution in [3.05, 3.63) is 0 Å². The van der Waals surface area contributed by atoms with Gasteiger partial charge in [-0.2, -0.15) is 0 Å². The van der Waals surface area contributed by atoms with Gasteiger partial charge in [0.05, 0.1) is 17.8 Å². The van der Waals surface area contributed by atoms with Crippen molar-refractivity contribution in [3.63, 3.8) is 0 Å². The van der Waals surface area contributed by atoms with Crippen molar-refractivity contribution in [3.8, 4) is 0 Å². The smallest absolute Gasteiger partial charge is 0.0900 e. The second kappa shape index (κ2) is 4.40. The summed E-state index contributed by atoms with van der Waals surface area (Å²) in [5.74, 6) is 0. The molecule has 3 nitrogen and oxygen atoms in total. The van der Waals surface area contributed by atoms with Crippen LogP contribution in [0.4, 0.5) is 0 Å². The lowest BCUT2D eigenvalue weighted by molar-refractivity contribution is -0.116. The first-order chi connectivity index (χ1) is 7.11. The number of aliphatic hydroxyl groups is 1. The summed E-state index contributed by atoms with van der Waals surface area (Å²) in [7, 11) is 0. The molecule has 0 spiro atoms. The number of hydrogen-bond donors (Lipinski definition) is 1. The van der Waals surface area contributed by atoms with Gasteiger partial charge in [-0.3, -0.25) is 4.90 Å². The van der Waals surface area contributed by atoms with Crippen LogP contribution in [-0.2, 0) is 4.74 Å². The fourth-order valence-electron chi connectivity index (χ4n) is 2.85. The molecule has 2 heterocycles. The lowest BCUT2D eigenvalue weighted by Gasteiger charge is -2.47. The van der Waals surface area contributed by atoms with Gasteiger partial charge < -0.3 is 9.84 Å². The van der Waals surface area contributed by atoms with E-state index in [0.29, 0.717) is 12.2 Å². The molecule has 88 valence electrons. The average molecular weight is 213 g/mol. The molecule has 2 aliphatic heterocycles. The summed E-state index contributed by atoms with van der Waals surface area (Å²) in [6, 6.07) is 0. The molecule has 0 aromatic rings. The molecule has 1 N–H and O–H groups in total. The van der Waals surface area contributed by atoms with Crippen LogP contribution >= 0.6 is 0 Å². The summed E-state index contributed by atoms with van der Waals surface area (Å²) >= 11 is 0. The fourth-order valence-corrected chi connectivity index (χ4v) is 2.85. The second-order valence-electron chi connectivity index (χ2n) is 5.29. The maximum Gasteiger partial charge on any atom is 0.0900 e. The average Bonchev–Trinajstić information content (AvgIpc) is 2.49. The van der Waals surface area contributed by atoms with Crippen LogP contribution in [0.1, 0.15) is 39.5 Å². The number of ether oxygens (including phenoxy) is 1. The standard InChI is InChI=1S/C12H23NO2/c1-3-6-12(14)8-13(9-12)7-11-5-4-10(2)15-11/h10-11,14H,3-9H2,1-2H3. The molecule has 3 heteroatoms. The minimum atomic E-state index is -0.390. The van der Waals surface area contributed by atoms with Gasteiger partial charge in [0, 0.05) is 19.6 Å². The van der Waals surface area contributed by atoms with E-state index in [1.807, 2.05) is 0 Å². The van der Waals surface area contributed by atoms with Crippen LogP contribution in [0.25, 0.3) is 0 Å². The Morgan fingerprint density at radius 3 is 2.67 bits per heavy atom. The van der Waals surface area contributed by atoms with E-state index in [0.717, 1.165) is 32.5 Å². The highest BCUT2D eigenvalue weighted by Gasteiger charge is 2.41. The first-order valence-electron chi connectivity index (χ1n) is 6.21. The highest BCUT2D eigenvalue weighted by Crippen LogP contribution is 2.28. The lowest BCUT2D eigenvalue weighted by Crippen LogP contribution is -2.62. The van der Waals surface area contributed by atoms with Gasteiger partial charge >= 0.3 is 0 Å². The van der Waals surface area contributed by atoms with Crippen LogP contribution in [0.5, 0.6) is 0 Å². The van der Waals surface area contributed by atoms with Crippen molar-refractivity contribution in [1.82, 2.24) is 4.90 Å². The van der Waals surface area contributed by atoms with Crippen molar-refractivity contribution in [2.24, 2.45) is 0 Å². The van der Waals surface area contributed by atoms with Crippen LogP contribution in [0, 0.1) is 0 Å². The third kappa shape index (κ3) is 2.71. The van der Waals surface area contributed by atoms with Gasteiger partial charge in [-0.25, -0.2) is 0 Å². The van der Waals surface area contributed by atoms with Crippen LogP contribution < -0.4 is 0 Å². The Hall–Kier alpha value is -0.120. The van der Waals surface area contributed by atoms with Gasteiger partial charge in [-0.1, -0.05) is 13.3 Å². The fraction of sp³-hybridized carbons (Fsp3) is 1.00. The Balaban J connectivity index is 1.67. The summed E-state index contributed by atoms with van der Waals surface area (Å²) in [5.41, 5.74) is -0.390. The summed E-state index contributed by atoms with van der Waals surface area (Å²) in [4.78, 5) is 2.32. The molecule has 0 aromatic carbocycles. The zero-order valence-corrected chi connectivity index (χ0v) is 9.91. The Bertz CT molecular complexity index is 214. The summed E-state index contributed by atoms with van der Waals surface area (Å²) < 4.78 is 5.77. The number of likely N-dealkylation sites (tertiary alicyclic amines) is 1. The highest BCUT2D eigenvalue weighted by molar-refractivity contribution is 4.96. The quantitative estimate of drug-likeness (QED) is 0.766. The van der Waals surface area contributed by atoms with Gasteiger partial charge in [0.1, 0.15) is 0 Å². The van der Waals surface area contributed by atoms with E-state index in [2.05, 4.69) is 18.7 Å². The summed E-state index contributed by atoms with van der Waals surface area (Å²) in [6.45, 7) is 6.96. The number of rotatable bonds is 4. The monoisotopic (exact) mass is 213 g/mol. The van der Waals surface area contributed by atoms with E-state index in [1.165, 1.54) is 12.8 Å². The number of hydrogen-bond acceptors (Lipinski definition) is 3. The Labute approximate surface area is 92.4 Å². The Morgan fingerprint density at radius 1 is 1.40 bits per heavy atom. The largest absolute Gasteiger partial charge is 0.387 e. The third-order valence-corrected chi connectivity index (χ3v) is 3.53. The van der Waals surface area contributed by atoms with E-state index in [-0.39, 0.29) is 5.60 Å². The maximum absolute atomic E-state index is 10.0. The predicted octanol–water partition coefficient (Wildman–Crippen LogP) is 1.40. The molecule has 2 atom stereocenters. The molecule has 2 saturated heterocycles. The molecule has 15 heavy (non-hydrogen) atoms. The zero-order valence-electron chi connectivity index (χ0n) is 9.91. The van der Waals surface area contributed by atoms with Crippen molar-refractivity contribution in [2.75, 3.05) is 19.6 Å². The normalized spacial score (nSPS) is 35.4. The van der Waals surface area contributed by atoms with E-state index in [9.17, 15) is 5.11 Å². The molecule has 2 rings (SSSR count). The van der Waals surface area contributed by atoms with Crippen LogP contribution in [-0.4, -0.2) is 47.4 Å². The minimum Gasteiger partial charge on any atom is -0.387 e. The molecule has 0 amide bonds.